The largest absolute Gasteiger partial charge is 0.335 e. The van der Waals surface area contributed by atoms with Crippen molar-refractivity contribution in [3.05, 3.63) is 72.4 Å². The molecule has 3 heterocycles. The summed E-state index contributed by atoms with van der Waals surface area (Å²) >= 11 is 1.19. The number of rotatable bonds is 6. The van der Waals surface area contributed by atoms with Crippen LogP contribution in [-0.2, 0) is 19.6 Å². The predicted molar refractivity (Wildman–Crippen MR) is 137 cm³/mol. The third-order valence-corrected chi connectivity index (χ3v) is 8.22. The summed E-state index contributed by atoms with van der Waals surface area (Å²) in [5, 5.41) is 3.02. The molecule has 2 aromatic carbocycles. The van der Waals surface area contributed by atoms with E-state index in [1.807, 2.05) is 48.0 Å². The minimum absolute atomic E-state index is 0. The van der Waals surface area contributed by atoms with Crippen molar-refractivity contribution in [2.24, 2.45) is 0 Å². The topological polar surface area (TPSA) is 105 Å². The highest BCUT2D eigenvalue weighted by molar-refractivity contribution is 7.93. The number of piperazine rings is 1. The van der Waals surface area contributed by atoms with Crippen LogP contribution in [0.3, 0.4) is 0 Å². The number of thiazole rings is 1. The van der Waals surface area contributed by atoms with Crippen LogP contribution in [0.1, 0.15) is 14.4 Å². The number of aromatic nitrogens is 2. The summed E-state index contributed by atoms with van der Waals surface area (Å²) in [6.07, 6.45) is 3.41. The van der Waals surface area contributed by atoms with Gasteiger partial charge in [-0.05, 0) is 48.7 Å². The highest BCUT2D eigenvalue weighted by Crippen LogP contribution is 2.25. The van der Waals surface area contributed by atoms with Gasteiger partial charge < -0.3 is 14.4 Å². The van der Waals surface area contributed by atoms with Crippen molar-refractivity contribution in [3.63, 3.8) is 0 Å². The molecule has 182 valence electrons. The van der Waals surface area contributed by atoms with E-state index in [4.69, 9.17) is 0 Å². The van der Waals surface area contributed by atoms with Crippen molar-refractivity contribution in [3.8, 4) is 0 Å². The van der Waals surface area contributed by atoms with Crippen molar-refractivity contribution in [2.75, 3.05) is 29.3 Å². The first kappa shape index (κ1) is 23.1. The molecule has 4 aromatic rings. The molecule has 0 aliphatic carbocycles. The summed E-state index contributed by atoms with van der Waals surface area (Å²) in [6.45, 7) is 2.52. The first-order valence-electron chi connectivity index (χ1n) is 11.0. The Morgan fingerprint density at radius 3 is 2.60 bits per heavy atom. The molecule has 0 bridgehead atoms. The number of para-hydroxylation sites is 1. The molecule has 0 radical (unpaired) electrons. The van der Waals surface area contributed by atoms with Crippen molar-refractivity contribution in [2.45, 2.75) is 17.9 Å². The molecule has 1 N–H and O–H groups in total. The maximum absolute atomic E-state index is 13.2. The molecule has 2 amide bonds. The van der Waals surface area contributed by atoms with Gasteiger partial charge in [-0.1, -0.05) is 18.2 Å². The number of amides is 2. The third-order valence-electron chi connectivity index (χ3n) is 6.05. The van der Waals surface area contributed by atoms with Gasteiger partial charge in [0.05, 0.1) is 4.90 Å². The Balaban J connectivity index is 0.00000304. The maximum Gasteiger partial charge on any atom is 0.263 e. The first-order valence-corrected chi connectivity index (χ1v) is 13.4. The lowest BCUT2D eigenvalue weighted by molar-refractivity contribution is -0.139. The number of fused-ring (bicyclic) bond motifs is 1. The molecule has 0 unspecified atom stereocenters. The lowest BCUT2D eigenvalue weighted by atomic mass is 10.2. The zero-order valence-corrected chi connectivity index (χ0v) is 20.5. The normalized spacial score (nSPS) is 15.4. The van der Waals surface area contributed by atoms with Gasteiger partial charge in [0, 0.05) is 43.5 Å². The molecule has 1 atom stereocenters. The molecule has 1 aliphatic rings. The van der Waals surface area contributed by atoms with Gasteiger partial charge in [0.15, 0.2) is 5.13 Å². The van der Waals surface area contributed by atoms with Crippen molar-refractivity contribution < 1.29 is 19.4 Å². The number of hydrogen-bond donors (Lipinski definition) is 1. The van der Waals surface area contributed by atoms with Crippen LogP contribution in [-0.4, -0.2) is 54.3 Å². The molecule has 0 spiro atoms. The number of benzene rings is 2. The molecule has 1 aliphatic heterocycles. The standard InChI is InChI=1S/C24H23N5O4S2.H2/c1-17(28-12-10-18-4-2-3-5-21(18)28)23(31)27-13-14-29(22(30)16-27)19-6-8-20(9-7-19)35(32,33)26-24-25-11-15-34-24;/h2-12,15,17H,13-14,16H2,1H3,(H,25,26);1H/t17-;/m1./s1. The molecule has 0 saturated carbocycles. The second-order valence-electron chi connectivity index (χ2n) is 8.20. The predicted octanol–water partition coefficient (Wildman–Crippen LogP) is 3.58. The molecule has 11 heteroatoms. The van der Waals surface area contributed by atoms with Gasteiger partial charge in [0.1, 0.15) is 12.6 Å². The van der Waals surface area contributed by atoms with Crippen LogP contribution in [0, 0.1) is 0 Å². The van der Waals surface area contributed by atoms with Crippen LogP contribution in [0.4, 0.5) is 10.8 Å². The summed E-state index contributed by atoms with van der Waals surface area (Å²) in [7, 11) is -3.77. The Morgan fingerprint density at radius 1 is 1.11 bits per heavy atom. The fraction of sp³-hybridized carbons (Fsp3) is 0.208. The fourth-order valence-corrected chi connectivity index (χ4v) is 6.00. The van der Waals surface area contributed by atoms with E-state index in [9.17, 15) is 18.0 Å². The average Bonchev–Trinajstić information content (AvgIpc) is 3.53. The van der Waals surface area contributed by atoms with E-state index in [0.29, 0.717) is 18.8 Å². The maximum atomic E-state index is 13.2. The number of carbonyl (C=O) groups excluding carboxylic acids is 2. The number of nitrogens with zero attached hydrogens (tertiary/aromatic N) is 4. The Hall–Kier alpha value is -3.70. The van der Waals surface area contributed by atoms with E-state index in [1.54, 1.807) is 27.3 Å². The van der Waals surface area contributed by atoms with Crippen LogP contribution in [0.2, 0.25) is 0 Å². The van der Waals surface area contributed by atoms with E-state index >= 15 is 0 Å². The summed E-state index contributed by atoms with van der Waals surface area (Å²) in [6, 6.07) is 15.5. The molecular weight excluding hydrogens is 486 g/mol. The van der Waals surface area contributed by atoms with Gasteiger partial charge in [0.25, 0.3) is 10.0 Å². The Labute approximate surface area is 208 Å². The van der Waals surface area contributed by atoms with Gasteiger partial charge in [-0.3, -0.25) is 14.3 Å². The van der Waals surface area contributed by atoms with Crippen LogP contribution in [0.15, 0.2) is 77.3 Å². The van der Waals surface area contributed by atoms with Gasteiger partial charge in [-0.25, -0.2) is 13.4 Å². The zero-order chi connectivity index (χ0) is 24.6. The summed E-state index contributed by atoms with van der Waals surface area (Å²) in [5.41, 5.74) is 1.55. The fourth-order valence-electron chi connectivity index (χ4n) is 4.21. The SMILES string of the molecule is C[C@H](C(=O)N1CCN(c2ccc(S(=O)(=O)Nc3nccs3)cc2)C(=O)C1)n1ccc2ccccc21.[HH]. The van der Waals surface area contributed by atoms with E-state index in [1.165, 1.54) is 29.7 Å². The summed E-state index contributed by atoms with van der Waals surface area (Å²) < 4.78 is 29.4. The molecular formula is C24H25N5O4S2. The van der Waals surface area contributed by atoms with Crippen LogP contribution >= 0.6 is 11.3 Å². The molecule has 2 aromatic heterocycles. The van der Waals surface area contributed by atoms with Crippen molar-refractivity contribution in [1.82, 2.24) is 14.5 Å². The number of sulfonamides is 1. The van der Waals surface area contributed by atoms with Crippen LogP contribution in [0.25, 0.3) is 10.9 Å². The lowest BCUT2D eigenvalue weighted by Crippen LogP contribution is -2.53. The third kappa shape index (κ3) is 4.52. The molecule has 9 nitrogen and oxygen atoms in total. The quantitative estimate of drug-likeness (QED) is 0.426. The second-order valence-corrected chi connectivity index (χ2v) is 10.8. The molecule has 5 rings (SSSR count). The van der Waals surface area contributed by atoms with E-state index in [-0.39, 0.29) is 29.8 Å². The minimum atomic E-state index is -3.77. The Morgan fingerprint density at radius 2 is 1.89 bits per heavy atom. The summed E-state index contributed by atoms with van der Waals surface area (Å²) in [5.74, 6) is -0.334. The average molecular weight is 512 g/mol. The van der Waals surface area contributed by atoms with Crippen molar-refractivity contribution >= 4 is 54.9 Å². The van der Waals surface area contributed by atoms with Gasteiger partial charge >= 0.3 is 0 Å². The second kappa shape index (κ2) is 9.16. The van der Waals surface area contributed by atoms with E-state index < -0.39 is 16.1 Å². The Bertz CT molecular complexity index is 1490. The highest BCUT2D eigenvalue weighted by atomic mass is 32.2. The van der Waals surface area contributed by atoms with E-state index in [0.717, 1.165) is 10.9 Å². The van der Waals surface area contributed by atoms with Gasteiger partial charge in [0.2, 0.25) is 11.8 Å². The zero-order valence-electron chi connectivity index (χ0n) is 18.9. The Kier molecular flexibility index (Phi) is 6.03. The number of hydrogen-bond acceptors (Lipinski definition) is 6. The monoisotopic (exact) mass is 511 g/mol. The number of carbonyl (C=O) groups is 2. The minimum Gasteiger partial charge on any atom is -0.335 e. The number of nitrogens with one attached hydrogen (secondary N) is 1. The van der Waals surface area contributed by atoms with Crippen molar-refractivity contribution in [1.29, 1.82) is 0 Å². The summed E-state index contributed by atoms with van der Waals surface area (Å²) in [4.78, 5) is 33.2. The molecule has 1 fully saturated rings. The van der Waals surface area contributed by atoms with Crippen LogP contribution in [0.5, 0.6) is 0 Å². The molecule has 1 saturated heterocycles. The van der Waals surface area contributed by atoms with Crippen LogP contribution < -0.4 is 9.62 Å². The van der Waals surface area contributed by atoms with Gasteiger partial charge in [-0.2, -0.15) is 0 Å². The van der Waals surface area contributed by atoms with Gasteiger partial charge in [-0.15, -0.1) is 11.3 Å². The molecule has 35 heavy (non-hydrogen) atoms. The van der Waals surface area contributed by atoms with E-state index in [2.05, 4.69) is 9.71 Å². The first-order chi connectivity index (χ1) is 16.8. The highest BCUT2D eigenvalue weighted by Gasteiger charge is 2.31. The lowest BCUT2D eigenvalue weighted by Gasteiger charge is -2.35. The smallest absolute Gasteiger partial charge is 0.263 e. The number of anilines is 2.